The van der Waals surface area contributed by atoms with E-state index in [2.05, 4.69) is 9.97 Å². The molecule has 2 aromatic heterocycles. The van der Waals surface area contributed by atoms with Crippen molar-refractivity contribution in [1.82, 2.24) is 9.97 Å². The van der Waals surface area contributed by atoms with Crippen molar-refractivity contribution in [3.63, 3.8) is 0 Å². The van der Waals surface area contributed by atoms with Gasteiger partial charge >= 0.3 is 0 Å². The topological polar surface area (TPSA) is 62.8 Å². The number of rotatable bonds is 5. The molecule has 2 rings (SSSR count). The molecular weight excluding hydrogens is 228 g/mol. The van der Waals surface area contributed by atoms with Gasteiger partial charge in [0.1, 0.15) is 0 Å². The van der Waals surface area contributed by atoms with Crippen LogP contribution in [0.15, 0.2) is 30.6 Å². The molecule has 0 radical (unpaired) electrons. The van der Waals surface area contributed by atoms with Crippen LogP contribution in [0.25, 0.3) is 0 Å². The van der Waals surface area contributed by atoms with Gasteiger partial charge in [-0.1, -0.05) is 6.07 Å². The van der Waals surface area contributed by atoms with E-state index >= 15 is 0 Å². The van der Waals surface area contributed by atoms with Gasteiger partial charge in [-0.3, -0.25) is 14.6 Å². The largest absolute Gasteiger partial charge is 0.358 e. The molecule has 0 atom stereocenters. The minimum absolute atomic E-state index is 0.00579. The number of pyridine rings is 1. The quantitative estimate of drug-likeness (QED) is 0.646. The summed E-state index contributed by atoms with van der Waals surface area (Å²) in [7, 11) is 0. The Morgan fingerprint density at radius 3 is 2.89 bits per heavy atom. The second kappa shape index (κ2) is 5.40. The lowest BCUT2D eigenvalue weighted by molar-refractivity contribution is 0.0977. The van der Waals surface area contributed by atoms with Crippen LogP contribution >= 0.6 is 0 Å². The average molecular weight is 242 g/mol. The SMILES string of the molecule is Cc1c(C=O)c[nH]c1C(=O)CCc1ccccn1. The highest BCUT2D eigenvalue weighted by atomic mass is 16.1. The van der Waals surface area contributed by atoms with Gasteiger partial charge in [-0.25, -0.2) is 0 Å². The van der Waals surface area contributed by atoms with Crippen LogP contribution in [0.2, 0.25) is 0 Å². The number of aldehydes is 1. The minimum atomic E-state index is 0.00579. The summed E-state index contributed by atoms with van der Waals surface area (Å²) in [5, 5.41) is 0. The van der Waals surface area contributed by atoms with E-state index in [9.17, 15) is 9.59 Å². The second-order valence-electron chi connectivity index (χ2n) is 4.11. The van der Waals surface area contributed by atoms with Crippen molar-refractivity contribution in [2.24, 2.45) is 0 Å². The van der Waals surface area contributed by atoms with Crippen molar-refractivity contribution in [1.29, 1.82) is 0 Å². The molecule has 0 unspecified atom stereocenters. The summed E-state index contributed by atoms with van der Waals surface area (Å²) in [6, 6.07) is 5.64. The van der Waals surface area contributed by atoms with Crippen molar-refractivity contribution in [3.05, 3.63) is 53.1 Å². The summed E-state index contributed by atoms with van der Waals surface area (Å²) in [5.41, 5.74) is 2.67. The Hall–Kier alpha value is -2.23. The van der Waals surface area contributed by atoms with E-state index < -0.39 is 0 Å². The maximum absolute atomic E-state index is 12.0. The molecule has 1 N–H and O–H groups in total. The number of aromatic amines is 1. The molecule has 0 bridgehead atoms. The maximum Gasteiger partial charge on any atom is 0.179 e. The molecule has 4 nitrogen and oxygen atoms in total. The van der Waals surface area contributed by atoms with E-state index in [1.807, 2.05) is 18.2 Å². The first-order chi connectivity index (χ1) is 8.72. The van der Waals surface area contributed by atoms with Crippen molar-refractivity contribution in [2.45, 2.75) is 19.8 Å². The zero-order valence-electron chi connectivity index (χ0n) is 10.1. The second-order valence-corrected chi connectivity index (χ2v) is 4.11. The fourth-order valence-corrected chi connectivity index (χ4v) is 1.84. The third kappa shape index (κ3) is 2.53. The van der Waals surface area contributed by atoms with Crippen LogP contribution in [0.5, 0.6) is 0 Å². The molecule has 18 heavy (non-hydrogen) atoms. The molecule has 4 heteroatoms. The number of carbonyl (C=O) groups is 2. The molecule has 2 aromatic rings. The van der Waals surface area contributed by atoms with E-state index in [0.29, 0.717) is 24.1 Å². The van der Waals surface area contributed by atoms with Crippen molar-refractivity contribution in [2.75, 3.05) is 0 Å². The third-order valence-electron chi connectivity index (χ3n) is 2.92. The van der Waals surface area contributed by atoms with Crippen LogP contribution in [-0.4, -0.2) is 22.0 Å². The van der Waals surface area contributed by atoms with Gasteiger partial charge in [-0.15, -0.1) is 0 Å². The summed E-state index contributed by atoms with van der Waals surface area (Å²) in [5.74, 6) is 0.00579. The fourth-order valence-electron chi connectivity index (χ4n) is 1.84. The normalized spacial score (nSPS) is 10.3. The molecule has 0 aliphatic carbocycles. The molecule has 2 heterocycles. The predicted octanol–water partition coefficient (Wildman–Crippen LogP) is 2.35. The van der Waals surface area contributed by atoms with E-state index in [-0.39, 0.29) is 5.78 Å². The van der Waals surface area contributed by atoms with E-state index in [0.717, 1.165) is 17.5 Å². The first-order valence-corrected chi connectivity index (χ1v) is 5.78. The van der Waals surface area contributed by atoms with Crippen molar-refractivity contribution in [3.8, 4) is 0 Å². The Kier molecular flexibility index (Phi) is 3.67. The molecule has 0 aliphatic heterocycles. The van der Waals surface area contributed by atoms with E-state index in [1.165, 1.54) is 0 Å². The third-order valence-corrected chi connectivity index (χ3v) is 2.92. The molecule has 0 saturated carbocycles. The molecule has 92 valence electrons. The van der Waals surface area contributed by atoms with Crippen LogP contribution in [0.1, 0.15) is 38.5 Å². The van der Waals surface area contributed by atoms with E-state index in [1.54, 1.807) is 19.3 Å². The monoisotopic (exact) mass is 242 g/mol. The number of carbonyl (C=O) groups excluding carboxylic acids is 2. The van der Waals surface area contributed by atoms with Gasteiger partial charge in [0, 0.05) is 30.1 Å². The van der Waals surface area contributed by atoms with Gasteiger partial charge < -0.3 is 4.98 Å². The first-order valence-electron chi connectivity index (χ1n) is 5.78. The van der Waals surface area contributed by atoms with Crippen LogP contribution in [0.3, 0.4) is 0 Å². The van der Waals surface area contributed by atoms with Gasteiger partial charge in [0.25, 0.3) is 0 Å². The average Bonchev–Trinajstić information content (AvgIpc) is 2.78. The van der Waals surface area contributed by atoms with Gasteiger partial charge in [-0.05, 0) is 31.0 Å². The fraction of sp³-hybridized carbons (Fsp3) is 0.214. The Balaban J connectivity index is 2.04. The van der Waals surface area contributed by atoms with Crippen molar-refractivity contribution < 1.29 is 9.59 Å². The molecular formula is C14H14N2O2. The first kappa shape index (κ1) is 12.2. The zero-order valence-corrected chi connectivity index (χ0v) is 10.1. The number of aryl methyl sites for hydroxylation is 1. The number of nitrogens with zero attached hydrogens (tertiary/aromatic N) is 1. The Bertz CT molecular complexity index is 558. The lowest BCUT2D eigenvalue weighted by Gasteiger charge is -2.00. The summed E-state index contributed by atoms with van der Waals surface area (Å²) < 4.78 is 0. The number of H-pyrrole nitrogens is 1. The Morgan fingerprint density at radius 2 is 2.28 bits per heavy atom. The van der Waals surface area contributed by atoms with Gasteiger partial charge in [-0.2, -0.15) is 0 Å². The summed E-state index contributed by atoms with van der Waals surface area (Å²) in [6.07, 6.45) is 5.02. The molecule has 0 aliphatic rings. The molecule has 0 spiro atoms. The molecule has 0 saturated heterocycles. The summed E-state index contributed by atoms with van der Waals surface area (Å²) in [4.78, 5) is 29.7. The van der Waals surface area contributed by atoms with Gasteiger partial charge in [0.15, 0.2) is 12.1 Å². The Labute approximate surface area is 105 Å². The van der Waals surface area contributed by atoms with Crippen LogP contribution in [0, 0.1) is 6.92 Å². The Morgan fingerprint density at radius 1 is 1.44 bits per heavy atom. The highest BCUT2D eigenvalue weighted by Crippen LogP contribution is 2.13. The van der Waals surface area contributed by atoms with Gasteiger partial charge in [0.2, 0.25) is 0 Å². The minimum Gasteiger partial charge on any atom is -0.358 e. The highest BCUT2D eigenvalue weighted by Gasteiger charge is 2.13. The highest BCUT2D eigenvalue weighted by molar-refractivity contribution is 5.98. The predicted molar refractivity (Wildman–Crippen MR) is 67.8 cm³/mol. The van der Waals surface area contributed by atoms with Gasteiger partial charge in [0.05, 0.1) is 5.69 Å². The number of Topliss-reactive ketones (excluding diaryl/α,β-unsaturated/α-hetero) is 1. The number of hydrogen-bond acceptors (Lipinski definition) is 3. The zero-order chi connectivity index (χ0) is 13.0. The summed E-state index contributed by atoms with van der Waals surface area (Å²) in [6.45, 7) is 1.77. The van der Waals surface area contributed by atoms with E-state index in [4.69, 9.17) is 0 Å². The lowest BCUT2D eigenvalue weighted by atomic mass is 10.1. The molecule has 0 amide bonds. The summed E-state index contributed by atoms with van der Waals surface area (Å²) >= 11 is 0. The van der Waals surface area contributed by atoms with Crippen LogP contribution in [-0.2, 0) is 6.42 Å². The van der Waals surface area contributed by atoms with Crippen molar-refractivity contribution >= 4 is 12.1 Å². The van der Waals surface area contributed by atoms with Crippen LogP contribution < -0.4 is 0 Å². The number of ketones is 1. The standard InChI is InChI=1S/C14H14N2O2/c1-10-11(9-17)8-16-14(10)13(18)6-5-12-4-2-3-7-15-12/h2-4,7-9,16H,5-6H2,1H3. The number of nitrogens with one attached hydrogen (secondary N) is 1. The number of aromatic nitrogens is 2. The van der Waals surface area contributed by atoms with Crippen LogP contribution in [0.4, 0.5) is 0 Å². The maximum atomic E-state index is 12.0. The molecule has 0 aromatic carbocycles. The lowest BCUT2D eigenvalue weighted by Crippen LogP contribution is -2.04. The number of hydrogen-bond donors (Lipinski definition) is 1. The molecule has 0 fully saturated rings. The smallest absolute Gasteiger partial charge is 0.179 e.